The van der Waals surface area contributed by atoms with E-state index in [1.807, 2.05) is 6.08 Å². The summed E-state index contributed by atoms with van der Waals surface area (Å²) in [4.78, 5) is 22.8. The Hall–Kier alpha value is -4.99. The van der Waals surface area contributed by atoms with E-state index in [2.05, 4.69) is 5.32 Å². The second kappa shape index (κ2) is 12.1. The Balaban J connectivity index is 1.71. The lowest BCUT2D eigenvalue weighted by molar-refractivity contribution is -0.385. The number of nitro groups is 1. The van der Waals surface area contributed by atoms with Gasteiger partial charge in [0.15, 0.2) is 17.2 Å². The molecule has 0 bridgehead atoms. The molecule has 0 unspecified atom stereocenters. The zero-order chi connectivity index (χ0) is 26.9. The first-order chi connectivity index (χ1) is 17.8. The van der Waals surface area contributed by atoms with E-state index < -0.39 is 10.8 Å². The summed E-state index contributed by atoms with van der Waals surface area (Å²) in [5.41, 5.74) is 2.07. The van der Waals surface area contributed by atoms with Crippen molar-refractivity contribution in [3.8, 4) is 28.7 Å². The van der Waals surface area contributed by atoms with Crippen LogP contribution in [0.15, 0.2) is 54.6 Å². The first kappa shape index (κ1) is 26.6. The molecule has 3 aromatic carbocycles. The standard InChI is InChI=1S/C27H26N2O8/c1-34-23-14-18(8-11-21(23)29(32)33)9-12-26(31)28-20-10-7-17(13-22(20)30)5-6-19-15-24(35-2)27(37-4)25(16-19)36-3/h5-16,30H,1-4H3,(H,28,31)/b6-5+,12-9+. The number of phenolic OH excluding ortho intramolecular Hbond substituents is 1. The van der Waals surface area contributed by atoms with Gasteiger partial charge >= 0.3 is 5.69 Å². The second-order valence-corrected chi connectivity index (χ2v) is 7.58. The maximum Gasteiger partial charge on any atom is 0.310 e. The highest BCUT2D eigenvalue weighted by molar-refractivity contribution is 6.02. The summed E-state index contributed by atoms with van der Waals surface area (Å²) in [6.45, 7) is 0. The van der Waals surface area contributed by atoms with Gasteiger partial charge in [0.05, 0.1) is 39.0 Å². The molecular formula is C27H26N2O8. The average molecular weight is 507 g/mol. The van der Waals surface area contributed by atoms with Crippen LogP contribution in [0.2, 0.25) is 0 Å². The molecule has 0 aliphatic heterocycles. The smallest absolute Gasteiger partial charge is 0.310 e. The summed E-state index contributed by atoms with van der Waals surface area (Å²) >= 11 is 0. The molecule has 0 radical (unpaired) electrons. The number of hydrogen-bond acceptors (Lipinski definition) is 8. The molecule has 192 valence electrons. The summed E-state index contributed by atoms with van der Waals surface area (Å²) < 4.78 is 21.1. The molecule has 3 aromatic rings. The van der Waals surface area contributed by atoms with E-state index >= 15 is 0 Å². The topological polar surface area (TPSA) is 129 Å². The van der Waals surface area contributed by atoms with Crippen LogP contribution in [0.4, 0.5) is 11.4 Å². The summed E-state index contributed by atoms with van der Waals surface area (Å²) in [6, 6.07) is 12.6. The van der Waals surface area contributed by atoms with Crippen molar-refractivity contribution in [2.24, 2.45) is 0 Å². The van der Waals surface area contributed by atoms with Crippen LogP contribution in [-0.2, 0) is 4.79 Å². The van der Waals surface area contributed by atoms with Crippen LogP contribution in [0, 0.1) is 10.1 Å². The average Bonchev–Trinajstić information content (AvgIpc) is 2.90. The molecule has 0 spiro atoms. The molecule has 1 amide bonds. The number of ether oxygens (including phenoxy) is 4. The molecule has 0 heterocycles. The van der Waals surface area contributed by atoms with Crippen molar-refractivity contribution in [3.05, 3.63) is 81.4 Å². The maximum absolute atomic E-state index is 12.3. The van der Waals surface area contributed by atoms with Gasteiger partial charge < -0.3 is 29.4 Å². The van der Waals surface area contributed by atoms with E-state index in [1.54, 1.807) is 30.3 Å². The van der Waals surface area contributed by atoms with E-state index in [0.717, 1.165) is 5.56 Å². The lowest BCUT2D eigenvalue weighted by Crippen LogP contribution is -2.07. The minimum atomic E-state index is -0.550. The van der Waals surface area contributed by atoms with Crippen LogP contribution in [0.3, 0.4) is 0 Å². The molecule has 0 saturated carbocycles. The number of anilines is 1. The molecule has 0 fully saturated rings. The molecule has 10 heteroatoms. The van der Waals surface area contributed by atoms with E-state index in [4.69, 9.17) is 18.9 Å². The fraction of sp³-hybridized carbons (Fsp3) is 0.148. The minimum absolute atomic E-state index is 0.0837. The zero-order valence-corrected chi connectivity index (χ0v) is 20.7. The van der Waals surface area contributed by atoms with Gasteiger partial charge in [-0.25, -0.2) is 0 Å². The number of aromatic hydroxyl groups is 1. The quantitative estimate of drug-likeness (QED) is 0.127. The van der Waals surface area contributed by atoms with Crippen LogP contribution >= 0.6 is 0 Å². The van der Waals surface area contributed by atoms with E-state index in [9.17, 15) is 20.0 Å². The van der Waals surface area contributed by atoms with Crippen molar-refractivity contribution in [2.75, 3.05) is 33.8 Å². The Morgan fingerprint density at radius 2 is 1.38 bits per heavy atom. The number of amides is 1. The number of carbonyl (C=O) groups is 1. The van der Waals surface area contributed by atoms with E-state index in [1.165, 1.54) is 64.9 Å². The normalized spacial score (nSPS) is 10.9. The highest BCUT2D eigenvalue weighted by Crippen LogP contribution is 2.38. The lowest BCUT2D eigenvalue weighted by atomic mass is 10.1. The summed E-state index contributed by atoms with van der Waals surface area (Å²) in [5, 5.41) is 24.0. The largest absolute Gasteiger partial charge is 0.506 e. The molecule has 10 nitrogen and oxygen atoms in total. The van der Waals surface area contributed by atoms with Crippen molar-refractivity contribution in [2.45, 2.75) is 0 Å². The number of benzene rings is 3. The molecule has 0 saturated heterocycles. The van der Waals surface area contributed by atoms with Gasteiger partial charge in [-0.05, 0) is 59.2 Å². The van der Waals surface area contributed by atoms with Gasteiger partial charge in [-0.1, -0.05) is 18.2 Å². The Kier molecular flexibility index (Phi) is 8.71. The molecule has 0 aromatic heterocycles. The number of carbonyl (C=O) groups excluding carboxylic acids is 1. The van der Waals surface area contributed by atoms with Crippen molar-refractivity contribution >= 4 is 35.5 Å². The summed E-state index contributed by atoms with van der Waals surface area (Å²) in [5.74, 6) is 0.992. The highest BCUT2D eigenvalue weighted by Gasteiger charge is 2.14. The Morgan fingerprint density at radius 3 is 1.95 bits per heavy atom. The van der Waals surface area contributed by atoms with Crippen LogP contribution in [0.1, 0.15) is 16.7 Å². The molecular weight excluding hydrogens is 480 g/mol. The number of hydrogen-bond donors (Lipinski definition) is 2. The maximum atomic E-state index is 12.3. The number of nitro benzene ring substituents is 1. The summed E-state index contributed by atoms with van der Waals surface area (Å²) in [6.07, 6.45) is 6.33. The number of nitrogens with zero attached hydrogens (tertiary/aromatic N) is 1. The van der Waals surface area contributed by atoms with Crippen molar-refractivity contribution in [1.29, 1.82) is 0 Å². The fourth-order valence-corrected chi connectivity index (χ4v) is 3.44. The van der Waals surface area contributed by atoms with Gasteiger partial charge in [-0.3, -0.25) is 14.9 Å². The van der Waals surface area contributed by atoms with Crippen molar-refractivity contribution in [1.82, 2.24) is 0 Å². The van der Waals surface area contributed by atoms with Gasteiger partial charge in [0.1, 0.15) is 5.75 Å². The SMILES string of the molecule is COc1cc(/C=C/C(=O)Nc2ccc(/C=C/c3cc(OC)c(OC)c(OC)c3)cc2O)ccc1[N+](=O)[O-]. The first-order valence-electron chi connectivity index (χ1n) is 10.9. The molecule has 0 atom stereocenters. The van der Waals surface area contributed by atoms with E-state index in [0.29, 0.717) is 28.4 Å². The molecule has 3 rings (SSSR count). The molecule has 0 aliphatic carbocycles. The molecule has 0 aliphatic rings. The summed E-state index contributed by atoms with van der Waals surface area (Å²) in [7, 11) is 5.93. The monoisotopic (exact) mass is 506 g/mol. The third kappa shape index (κ3) is 6.57. The number of nitrogens with one attached hydrogen (secondary N) is 1. The third-order valence-corrected chi connectivity index (χ3v) is 5.26. The van der Waals surface area contributed by atoms with Gasteiger partial charge in [-0.2, -0.15) is 0 Å². The Bertz CT molecular complexity index is 1340. The van der Waals surface area contributed by atoms with Gasteiger partial charge in [0.2, 0.25) is 11.7 Å². The number of rotatable bonds is 10. The van der Waals surface area contributed by atoms with Crippen LogP contribution in [-0.4, -0.2) is 44.4 Å². The lowest BCUT2D eigenvalue weighted by Gasteiger charge is -2.12. The van der Waals surface area contributed by atoms with Gasteiger partial charge in [0.25, 0.3) is 0 Å². The Labute approximate surface area is 213 Å². The predicted molar refractivity (Wildman–Crippen MR) is 140 cm³/mol. The fourth-order valence-electron chi connectivity index (χ4n) is 3.44. The number of phenols is 1. The van der Waals surface area contributed by atoms with Gasteiger partial charge in [-0.15, -0.1) is 0 Å². The van der Waals surface area contributed by atoms with E-state index in [-0.39, 0.29) is 22.9 Å². The number of methoxy groups -OCH3 is 4. The minimum Gasteiger partial charge on any atom is -0.506 e. The van der Waals surface area contributed by atoms with Crippen LogP contribution < -0.4 is 24.3 Å². The van der Waals surface area contributed by atoms with Gasteiger partial charge in [0, 0.05) is 12.1 Å². The molecule has 37 heavy (non-hydrogen) atoms. The zero-order valence-electron chi connectivity index (χ0n) is 20.7. The Morgan fingerprint density at radius 1 is 0.811 bits per heavy atom. The van der Waals surface area contributed by atoms with Crippen LogP contribution in [0.5, 0.6) is 28.7 Å². The predicted octanol–water partition coefficient (Wildman–Crippen LogP) is 5.16. The third-order valence-electron chi connectivity index (χ3n) is 5.26. The highest BCUT2D eigenvalue weighted by atomic mass is 16.6. The van der Waals surface area contributed by atoms with Crippen molar-refractivity contribution < 1.29 is 33.8 Å². The first-order valence-corrected chi connectivity index (χ1v) is 10.9. The second-order valence-electron chi connectivity index (χ2n) is 7.58. The van der Waals surface area contributed by atoms with Crippen molar-refractivity contribution in [3.63, 3.8) is 0 Å². The molecule has 2 N–H and O–H groups in total. The van der Waals surface area contributed by atoms with Crippen LogP contribution in [0.25, 0.3) is 18.2 Å².